The summed E-state index contributed by atoms with van der Waals surface area (Å²) < 4.78 is 26.5. The lowest BCUT2D eigenvalue weighted by Gasteiger charge is -2.08. The highest BCUT2D eigenvalue weighted by atomic mass is 19.1. The first-order chi connectivity index (χ1) is 9.38. The summed E-state index contributed by atoms with van der Waals surface area (Å²) in [6.07, 6.45) is 0. The number of hydrogen-bond donors (Lipinski definition) is 2. The summed E-state index contributed by atoms with van der Waals surface area (Å²) in [4.78, 5) is 21.9. The van der Waals surface area contributed by atoms with Gasteiger partial charge >= 0.3 is 11.9 Å². The van der Waals surface area contributed by atoms with Crippen LogP contribution in [0.15, 0.2) is 36.4 Å². The average Bonchev–Trinajstić information content (AvgIpc) is 2.37. The molecule has 0 aliphatic carbocycles. The zero-order valence-corrected chi connectivity index (χ0v) is 9.93. The van der Waals surface area contributed by atoms with Gasteiger partial charge in [0, 0.05) is 0 Å². The molecule has 102 valence electrons. The number of hydrogen-bond acceptors (Lipinski definition) is 2. The molecule has 2 aromatic rings. The second-order valence-corrected chi connectivity index (χ2v) is 4.03. The van der Waals surface area contributed by atoms with Crippen LogP contribution in [0.1, 0.15) is 20.7 Å². The molecule has 0 spiro atoms. The topological polar surface area (TPSA) is 74.6 Å². The van der Waals surface area contributed by atoms with E-state index in [0.29, 0.717) is 0 Å². The van der Waals surface area contributed by atoms with Gasteiger partial charge in [-0.25, -0.2) is 18.4 Å². The summed E-state index contributed by atoms with van der Waals surface area (Å²) in [6.45, 7) is 0. The zero-order valence-electron chi connectivity index (χ0n) is 9.93. The van der Waals surface area contributed by atoms with Crippen LogP contribution in [0, 0.1) is 11.6 Å². The van der Waals surface area contributed by atoms with Gasteiger partial charge in [0.25, 0.3) is 0 Å². The fourth-order valence-corrected chi connectivity index (χ4v) is 1.81. The highest BCUT2D eigenvalue weighted by molar-refractivity contribution is 5.97. The molecule has 0 saturated heterocycles. The molecule has 20 heavy (non-hydrogen) atoms. The molecule has 0 unspecified atom stereocenters. The van der Waals surface area contributed by atoms with Crippen molar-refractivity contribution >= 4 is 11.9 Å². The third kappa shape index (κ3) is 2.64. The van der Waals surface area contributed by atoms with Crippen LogP contribution in [-0.4, -0.2) is 22.2 Å². The van der Waals surface area contributed by atoms with Crippen molar-refractivity contribution in [2.24, 2.45) is 0 Å². The number of halogens is 2. The van der Waals surface area contributed by atoms with Crippen LogP contribution >= 0.6 is 0 Å². The second-order valence-electron chi connectivity index (χ2n) is 4.03. The fourth-order valence-electron chi connectivity index (χ4n) is 1.81. The molecule has 2 aromatic carbocycles. The first-order valence-electron chi connectivity index (χ1n) is 5.45. The number of rotatable bonds is 3. The van der Waals surface area contributed by atoms with Gasteiger partial charge in [-0.15, -0.1) is 0 Å². The largest absolute Gasteiger partial charge is 0.478 e. The maximum absolute atomic E-state index is 13.4. The lowest BCUT2D eigenvalue weighted by atomic mass is 9.97. The van der Waals surface area contributed by atoms with Gasteiger partial charge in [-0.05, 0) is 41.5 Å². The number of carbonyl (C=O) groups is 2. The van der Waals surface area contributed by atoms with E-state index in [1.807, 2.05) is 0 Å². The highest BCUT2D eigenvalue weighted by Crippen LogP contribution is 2.26. The molecule has 0 saturated carbocycles. The van der Waals surface area contributed by atoms with Crippen molar-refractivity contribution in [2.75, 3.05) is 0 Å². The summed E-state index contributed by atoms with van der Waals surface area (Å²) in [7, 11) is 0. The van der Waals surface area contributed by atoms with Crippen LogP contribution in [0.5, 0.6) is 0 Å². The van der Waals surface area contributed by atoms with E-state index in [2.05, 4.69) is 0 Å². The summed E-state index contributed by atoms with van der Waals surface area (Å²) in [6, 6.07) is 5.92. The van der Waals surface area contributed by atoms with Crippen LogP contribution in [0.25, 0.3) is 11.1 Å². The zero-order chi connectivity index (χ0) is 14.9. The molecule has 0 fully saturated rings. The molecule has 0 heterocycles. The van der Waals surface area contributed by atoms with Crippen molar-refractivity contribution < 1.29 is 28.6 Å². The van der Waals surface area contributed by atoms with Crippen molar-refractivity contribution in [2.45, 2.75) is 0 Å². The Hall–Kier alpha value is -2.76. The molecule has 2 rings (SSSR count). The minimum absolute atomic E-state index is 0.0425. The predicted octanol–water partition coefficient (Wildman–Crippen LogP) is 3.03. The van der Waals surface area contributed by atoms with E-state index in [0.717, 1.165) is 30.3 Å². The Kier molecular flexibility index (Phi) is 3.47. The number of aromatic carboxylic acids is 2. The van der Waals surface area contributed by atoms with E-state index in [1.165, 1.54) is 6.07 Å². The van der Waals surface area contributed by atoms with Crippen molar-refractivity contribution in [1.29, 1.82) is 0 Å². The van der Waals surface area contributed by atoms with E-state index in [1.54, 1.807) is 0 Å². The predicted molar refractivity (Wildman–Crippen MR) is 65.7 cm³/mol. The van der Waals surface area contributed by atoms with Gasteiger partial charge in [0.1, 0.15) is 11.6 Å². The summed E-state index contributed by atoms with van der Waals surface area (Å²) in [5.41, 5.74) is -0.590. The molecule has 0 bridgehead atoms. The van der Waals surface area contributed by atoms with Gasteiger partial charge in [-0.1, -0.05) is 6.07 Å². The van der Waals surface area contributed by atoms with Crippen molar-refractivity contribution in [3.05, 3.63) is 59.2 Å². The lowest BCUT2D eigenvalue weighted by molar-refractivity contribution is 0.0687. The number of benzene rings is 2. The average molecular weight is 278 g/mol. The van der Waals surface area contributed by atoms with Gasteiger partial charge in [0.05, 0.1) is 11.1 Å². The highest BCUT2D eigenvalue weighted by Gasteiger charge is 2.15. The van der Waals surface area contributed by atoms with Crippen LogP contribution < -0.4 is 0 Å². The maximum atomic E-state index is 13.4. The summed E-state index contributed by atoms with van der Waals surface area (Å²) in [5.74, 6) is -4.30. The minimum atomic E-state index is -1.39. The van der Waals surface area contributed by atoms with Crippen LogP contribution in [-0.2, 0) is 0 Å². The molecule has 0 aliphatic rings. The standard InChI is InChI=1S/C14H8F2O4/c15-9-1-2-11(12(6-9)14(19)20)7-3-8(13(17)18)5-10(16)4-7/h1-6H,(H,17,18)(H,19,20). The fraction of sp³-hybridized carbons (Fsp3) is 0. The molecule has 2 N–H and O–H groups in total. The Morgan fingerprint density at radius 3 is 2.15 bits per heavy atom. The smallest absolute Gasteiger partial charge is 0.336 e. The molecule has 6 heteroatoms. The molecule has 0 aromatic heterocycles. The molecule has 0 atom stereocenters. The summed E-state index contributed by atoms with van der Waals surface area (Å²) >= 11 is 0. The van der Waals surface area contributed by atoms with Crippen molar-refractivity contribution in [3.63, 3.8) is 0 Å². The quantitative estimate of drug-likeness (QED) is 0.905. The molecule has 4 nitrogen and oxygen atoms in total. The number of carboxylic acid groups (broad SMARTS) is 2. The first-order valence-corrected chi connectivity index (χ1v) is 5.45. The van der Waals surface area contributed by atoms with E-state index in [4.69, 9.17) is 10.2 Å². The monoisotopic (exact) mass is 278 g/mol. The molecular weight excluding hydrogens is 270 g/mol. The van der Waals surface area contributed by atoms with Gasteiger partial charge in [-0.3, -0.25) is 0 Å². The second kappa shape index (κ2) is 5.08. The molecule has 0 amide bonds. The van der Waals surface area contributed by atoms with Gasteiger partial charge in [-0.2, -0.15) is 0 Å². The SMILES string of the molecule is O=C(O)c1cc(F)cc(-c2ccc(F)cc2C(=O)O)c1. The van der Waals surface area contributed by atoms with E-state index in [9.17, 15) is 18.4 Å². The van der Waals surface area contributed by atoms with Crippen LogP contribution in [0.3, 0.4) is 0 Å². The third-order valence-electron chi connectivity index (χ3n) is 2.67. The van der Waals surface area contributed by atoms with Crippen molar-refractivity contribution in [1.82, 2.24) is 0 Å². The Morgan fingerprint density at radius 2 is 1.55 bits per heavy atom. The Balaban J connectivity index is 2.68. The van der Waals surface area contributed by atoms with Gasteiger partial charge in [0.15, 0.2) is 0 Å². The normalized spacial score (nSPS) is 10.3. The van der Waals surface area contributed by atoms with Gasteiger partial charge < -0.3 is 10.2 Å². The Labute approximate surface area is 111 Å². The molecule has 0 aliphatic heterocycles. The third-order valence-corrected chi connectivity index (χ3v) is 2.67. The van der Waals surface area contributed by atoms with Crippen molar-refractivity contribution in [3.8, 4) is 11.1 Å². The maximum Gasteiger partial charge on any atom is 0.336 e. The Bertz CT molecular complexity index is 710. The molecule has 0 radical (unpaired) electrons. The van der Waals surface area contributed by atoms with Crippen LogP contribution in [0.2, 0.25) is 0 Å². The summed E-state index contributed by atoms with van der Waals surface area (Å²) in [5, 5.41) is 17.9. The number of carboxylic acids is 2. The first kappa shape index (κ1) is 13.7. The van der Waals surface area contributed by atoms with Gasteiger partial charge in [0.2, 0.25) is 0 Å². The molecular formula is C14H8F2O4. The Morgan fingerprint density at radius 1 is 0.850 bits per heavy atom. The lowest BCUT2D eigenvalue weighted by Crippen LogP contribution is -2.02. The van der Waals surface area contributed by atoms with E-state index >= 15 is 0 Å². The minimum Gasteiger partial charge on any atom is -0.478 e. The van der Waals surface area contributed by atoms with Crippen LogP contribution in [0.4, 0.5) is 8.78 Å². The van der Waals surface area contributed by atoms with E-state index < -0.39 is 23.6 Å². The van der Waals surface area contributed by atoms with E-state index in [-0.39, 0.29) is 22.3 Å².